The van der Waals surface area contributed by atoms with Crippen molar-refractivity contribution in [2.45, 2.75) is 19.9 Å². The minimum absolute atomic E-state index is 0.257. The van der Waals surface area contributed by atoms with Crippen molar-refractivity contribution >= 4 is 32.4 Å². The minimum atomic E-state index is 0.257. The van der Waals surface area contributed by atoms with Crippen molar-refractivity contribution < 1.29 is 4.74 Å². The predicted molar refractivity (Wildman–Crippen MR) is 85.1 cm³/mol. The Morgan fingerprint density at radius 1 is 1.45 bits per heavy atom. The van der Waals surface area contributed by atoms with Crippen molar-refractivity contribution in [1.29, 1.82) is 0 Å². The molecule has 6 heteroatoms. The molecule has 1 aromatic heterocycles. The number of benzene rings is 1. The summed E-state index contributed by atoms with van der Waals surface area (Å²) in [6.07, 6.45) is 6.12. The zero-order valence-corrected chi connectivity index (χ0v) is 13.4. The van der Waals surface area contributed by atoms with Gasteiger partial charge in [0.25, 0.3) is 0 Å². The quantitative estimate of drug-likeness (QED) is 0.809. The van der Waals surface area contributed by atoms with E-state index in [1.807, 2.05) is 18.2 Å². The second kappa shape index (κ2) is 7.27. The first kappa shape index (κ1) is 14.8. The van der Waals surface area contributed by atoms with Gasteiger partial charge in [0.05, 0.1) is 0 Å². The van der Waals surface area contributed by atoms with E-state index in [1.54, 1.807) is 11.3 Å². The Morgan fingerprint density at radius 2 is 2.30 bits per heavy atom. The van der Waals surface area contributed by atoms with Crippen LogP contribution in [0.1, 0.15) is 17.5 Å². The minimum Gasteiger partial charge on any atom is -0.481 e. The van der Waals surface area contributed by atoms with Crippen molar-refractivity contribution in [1.82, 2.24) is 10.2 Å². The van der Waals surface area contributed by atoms with Crippen LogP contribution < -0.4 is 10.1 Å². The van der Waals surface area contributed by atoms with E-state index in [0.29, 0.717) is 6.54 Å². The van der Waals surface area contributed by atoms with Crippen LogP contribution in [0.3, 0.4) is 0 Å². The van der Waals surface area contributed by atoms with E-state index in [2.05, 4.69) is 44.3 Å². The van der Waals surface area contributed by atoms with Crippen LogP contribution in [0.5, 0.6) is 5.75 Å². The molecule has 1 heterocycles. The summed E-state index contributed by atoms with van der Waals surface area (Å²) >= 11 is 5.02. The van der Waals surface area contributed by atoms with Crippen LogP contribution >= 0.6 is 27.3 Å². The fourth-order valence-electron chi connectivity index (χ4n) is 1.59. The third-order valence-electron chi connectivity index (χ3n) is 2.53. The van der Waals surface area contributed by atoms with Crippen molar-refractivity contribution in [2.75, 3.05) is 11.9 Å². The summed E-state index contributed by atoms with van der Waals surface area (Å²) in [6, 6.07) is 5.83. The fraction of sp³-hybridized carbons (Fsp3) is 0.286. The number of hydrogen-bond acceptors (Lipinski definition) is 5. The Bertz CT molecular complexity index is 621. The topological polar surface area (TPSA) is 47.0 Å². The van der Waals surface area contributed by atoms with Gasteiger partial charge in [-0.3, -0.25) is 0 Å². The van der Waals surface area contributed by atoms with E-state index < -0.39 is 0 Å². The van der Waals surface area contributed by atoms with Gasteiger partial charge in [0.15, 0.2) is 0 Å². The molecule has 0 unspecified atom stereocenters. The fourth-order valence-corrected chi connectivity index (χ4v) is 2.67. The number of nitrogens with zero attached hydrogens (tertiary/aromatic N) is 2. The molecule has 1 N–H and O–H groups in total. The van der Waals surface area contributed by atoms with Gasteiger partial charge in [-0.1, -0.05) is 40.1 Å². The zero-order valence-electron chi connectivity index (χ0n) is 11.0. The number of anilines is 1. The number of aryl methyl sites for hydroxylation is 1. The second-order valence-electron chi connectivity index (χ2n) is 3.95. The maximum Gasteiger partial charge on any atom is 0.205 e. The molecule has 0 aliphatic carbocycles. The zero-order chi connectivity index (χ0) is 14.4. The third kappa shape index (κ3) is 3.95. The first-order valence-electron chi connectivity index (χ1n) is 6.14. The van der Waals surface area contributed by atoms with Gasteiger partial charge < -0.3 is 10.1 Å². The monoisotopic (exact) mass is 351 g/mol. The molecule has 1 aromatic carbocycles. The molecule has 0 radical (unpaired) electrons. The third-order valence-corrected chi connectivity index (χ3v) is 4.05. The van der Waals surface area contributed by atoms with Crippen LogP contribution in [-0.2, 0) is 13.0 Å². The van der Waals surface area contributed by atoms with Crippen LogP contribution in [-0.4, -0.2) is 16.8 Å². The normalized spacial score (nSPS) is 10.1. The summed E-state index contributed by atoms with van der Waals surface area (Å²) in [7, 11) is 0. The van der Waals surface area contributed by atoms with Crippen LogP contribution in [0.4, 0.5) is 5.13 Å². The lowest BCUT2D eigenvalue weighted by Gasteiger charge is -2.10. The first-order valence-corrected chi connectivity index (χ1v) is 7.74. The molecule has 0 aliphatic heterocycles. The van der Waals surface area contributed by atoms with Crippen LogP contribution in [0, 0.1) is 12.3 Å². The number of halogens is 1. The standard InChI is InChI=1S/C14H14BrN3OS/c1-3-7-19-12-6-5-11(15)8-10(12)9-16-14-18-17-13(4-2)20-14/h1,5-6,8H,4,7,9H2,2H3,(H,16,18). The molecule has 0 saturated heterocycles. The molecule has 0 atom stereocenters. The molecule has 2 aromatic rings. The van der Waals surface area contributed by atoms with Crippen LogP contribution in [0.2, 0.25) is 0 Å². The van der Waals surface area contributed by atoms with E-state index in [-0.39, 0.29) is 6.61 Å². The summed E-state index contributed by atoms with van der Waals surface area (Å²) in [5.41, 5.74) is 1.02. The number of aromatic nitrogens is 2. The molecule has 0 fully saturated rings. The number of nitrogens with one attached hydrogen (secondary N) is 1. The summed E-state index contributed by atoms with van der Waals surface area (Å²) in [5.74, 6) is 3.24. The van der Waals surface area contributed by atoms with Crippen LogP contribution in [0.25, 0.3) is 0 Å². The Morgan fingerprint density at radius 3 is 3.00 bits per heavy atom. The molecule has 0 amide bonds. The maximum absolute atomic E-state index is 5.53. The average molecular weight is 352 g/mol. The van der Waals surface area contributed by atoms with Gasteiger partial charge in [-0.05, 0) is 24.6 Å². The molecule has 0 saturated carbocycles. The van der Waals surface area contributed by atoms with Crippen molar-refractivity contribution in [2.24, 2.45) is 0 Å². The number of hydrogen-bond donors (Lipinski definition) is 1. The Labute approximate surface area is 130 Å². The van der Waals surface area contributed by atoms with E-state index in [0.717, 1.165) is 32.3 Å². The maximum atomic E-state index is 5.53. The van der Waals surface area contributed by atoms with Gasteiger partial charge in [-0.2, -0.15) is 0 Å². The Hall–Kier alpha value is -1.58. The van der Waals surface area contributed by atoms with Gasteiger partial charge in [0, 0.05) is 16.6 Å². The van der Waals surface area contributed by atoms with Gasteiger partial charge in [-0.25, -0.2) is 0 Å². The molecule has 0 aliphatic rings. The molecule has 4 nitrogen and oxygen atoms in total. The van der Waals surface area contributed by atoms with E-state index in [9.17, 15) is 0 Å². The van der Waals surface area contributed by atoms with E-state index in [1.165, 1.54) is 0 Å². The van der Waals surface area contributed by atoms with Gasteiger partial charge >= 0.3 is 0 Å². The van der Waals surface area contributed by atoms with Gasteiger partial charge in [0.2, 0.25) is 5.13 Å². The molecule has 104 valence electrons. The number of terminal acetylenes is 1. The van der Waals surface area contributed by atoms with Crippen molar-refractivity contribution in [3.05, 3.63) is 33.2 Å². The molecular formula is C14H14BrN3OS. The molecular weight excluding hydrogens is 338 g/mol. The molecule has 0 bridgehead atoms. The molecule has 0 spiro atoms. The van der Waals surface area contributed by atoms with Gasteiger partial charge in [-0.15, -0.1) is 16.6 Å². The van der Waals surface area contributed by atoms with Gasteiger partial charge in [0.1, 0.15) is 17.4 Å². The summed E-state index contributed by atoms with van der Waals surface area (Å²) in [6.45, 7) is 2.93. The first-order chi connectivity index (χ1) is 9.72. The van der Waals surface area contributed by atoms with Crippen LogP contribution in [0.15, 0.2) is 22.7 Å². The van der Waals surface area contributed by atoms with Crippen molar-refractivity contribution in [3.63, 3.8) is 0 Å². The summed E-state index contributed by atoms with van der Waals surface area (Å²) in [5, 5.41) is 13.2. The highest BCUT2D eigenvalue weighted by Gasteiger charge is 2.07. The smallest absolute Gasteiger partial charge is 0.205 e. The lowest BCUT2D eigenvalue weighted by atomic mass is 10.2. The lowest BCUT2D eigenvalue weighted by Crippen LogP contribution is -2.03. The predicted octanol–water partition coefficient (Wildman–Crippen LogP) is 3.49. The largest absolute Gasteiger partial charge is 0.481 e. The SMILES string of the molecule is C#CCOc1ccc(Br)cc1CNc1nnc(CC)s1. The molecule has 2 rings (SSSR count). The summed E-state index contributed by atoms with van der Waals surface area (Å²) in [4.78, 5) is 0. The lowest BCUT2D eigenvalue weighted by molar-refractivity contribution is 0.366. The van der Waals surface area contributed by atoms with Crippen molar-refractivity contribution in [3.8, 4) is 18.1 Å². The van der Waals surface area contributed by atoms with E-state index >= 15 is 0 Å². The highest BCUT2D eigenvalue weighted by Crippen LogP contribution is 2.25. The average Bonchev–Trinajstić information content (AvgIpc) is 2.92. The second-order valence-corrected chi connectivity index (χ2v) is 5.93. The Kier molecular flexibility index (Phi) is 5.39. The Balaban J connectivity index is 2.07. The highest BCUT2D eigenvalue weighted by atomic mass is 79.9. The van der Waals surface area contributed by atoms with E-state index in [4.69, 9.17) is 11.2 Å². The number of ether oxygens (including phenoxy) is 1. The summed E-state index contributed by atoms with van der Waals surface area (Å²) < 4.78 is 6.52. The highest BCUT2D eigenvalue weighted by molar-refractivity contribution is 9.10. The number of rotatable bonds is 6. The molecule has 20 heavy (non-hydrogen) atoms.